The first-order valence-corrected chi connectivity index (χ1v) is 5.18. The summed E-state index contributed by atoms with van der Waals surface area (Å²) in [5.74, 6) is -0.580. The van der Waals surface area contributed by atoms with E-state index in [1.165, 1.54) is 12.8 Å². The number of hydrogen-bond acceptors (Lipinski definition) is 1. The molecular weight excluding hydrogens is 164 g/mol. The average Bonchev–Trinajstić information content (AvgIpc) is 2.72. The van der Waals surface area contributed by atoms with Gasteiger partial charge < -0.3 is 5.11 Å². The highest BCUT2D eigenvalue weighted by Crippen LogP contribution is 2.63. The Kier molecular flexibility index (Phi) is 1.73. The van der Waals surface area contributed by atoms with Crippen LogP contribution in [0.4, 0.5) is 0 Å². The van der Waals surface area contributed by atoms with E-state index in [1.807, 2.05) is 0 Å². The van der Waals surface area contributed by atoms with Gasteiger partial charge in [0, 0.05) is 0 Å². The highest BCUT2D eigenvalue weighted by molar-refractivity contribution is 5.74. The van der Waals surface area contributed by atoms with E-state index in [1.54, 1.807) is 0 Å². The van der Waals surface area contributed by atoms with Crippen molar-refractivity contribution in [2.24, 2.45) is 16.7 Å². The van der Waals surface area contributed by atoms with Crippen LogP contribution in [0, 0.1) is 16.7 Å². The van der Waals surface area contributed by atoms with E-state index in [4.69, 9.17) is 5.11 Å². The van der Waals surface area contributed by atoms with Gasteiger partial charge in [-0.25, -0.2) is 0 Å². The Balaban J connectivity index is 1.97. The summed E-state index contributed by atoms with van der Waals surface area (Å²) >= 11 is 0. The Morgan fingerprint density at radius 2 is 1.77 bits per heavy atom. The predicted octanol–water partition coefficient (Wildman–Crippen LogP) is 2.68. The second-order valence-corrected chi connectivity index (χ2v) is 5.62. The van der Waals surface area contributed by atoms with Gasteiger partial charge in [-0.2, -0.15) is 0 Å². The highest BCUT2D eigenvalue weighted by atomic mass is 16.4. The van der Waals surface area contributed by atoms with E-state index in [0.717, 1.165) is 19.3 Å². The average molecular weight is 182 g/mol. The molecule has 0 saturated heterocycles. The third-order valence-corrected chi connectivity index (χ3v) is 4.09. The zero-order valence-corrected chi connectivity index (χ0v) is 8.47. The van der Waals surface area contributed by atoms with E-state index in [-0.39, 0.29) is 11.3 Å². The SMILES string of the molecule is CC1(C)CCC2(CC1)CC2C(=O)O. The lowest BCUT2D eigenvalue weighted by Gasteiger charge is -2.34. The number of aliphatic carboxylic acids is 1. The number of rotatable bonds is 1. The molecule has 0 aliphatic heterocycles. The van der Waals surface area contributed by atoms with E-state index in [2.05, 4.69) is 13.8 Å². The molecule has 2 aliphatic carbocycles. The van der Waals surface area contributed by atoms with Crippen molar-refractivity contribution < 1.29 is 9.90 Å². The number of hydrogen-bond donors (Lipinski definition) is 1. The molecule has 1 unspecified atom stereocenters. The fourth-order valence-corrected chi connectivity index (χ4v) is 2.67. The number of carboxylic acid groups (broad SMARTS) is 1. The van der Waals surface area contributed by atoms with Crippen molar-refractivity contribution in [3.63, 3.8) is 0 Å². The van der Waals surface area contributed by atoms with Crippen molar-refractivity contribution in [3.05, 3.63) is 0 Å². The third-order valence-electron chi connectivity index (χ3n) is 4.09. The summed E-state index contributed by atoms with van der Waals surface area (Å²) in [6, 6.07) is 0. The van der Waals surface area contributed by atoms with E-state index in [9.17, 15) is 4.79 Å². The van der Waals surface area contributed by atoms with Gasteiger partial charge >= 0.3 is 5.97 Å². The van der Waals surface area contributed by atoms with E-state index in [0.29, 0.717) is 5.41 Å². The zero-order valence-electron chi connectivity index (χ0n) is 8.47. The van der Waals surface area contributed by atoms with Gasteiger partial charge in [0.25, 0.3) is 0 Å². The highest BCUT2D eigenvalue weighted by Gasteiger charge is 2.59. The molecule has 1 spiro atoms. The lowest BCUT2D eigenvalue weighted by Crippen LogP contribution is -2.24. The first kappa shape index (κ1) is 9.04. The summed E-state index contributed by atoms with van der Waals surface area (Å²) in [4.78, 5) is 10.8. The molecule has 1 atom stereocenters. The molecule has 0 aromatic heterocycles. The van der Waals surface area contributed by atoms with Gasteiger partial charge in [0.05, 0.1) is 5.92 Å². The maximum absolute atomic E-state index is 10.8. The summed E-state index contributed by atoms with van der Waals surface area (Å²) in [6.07, 6.45) is 5.62. The van der Waals surface area contributed by atoms with E-state index < -0.39 is 5.97 Å². The van der Waals surface area contributed by atoms with Crippen LogP contribution in [0.25, 0.3) is 0 Å². The fraction of sp³-hybridized carbons (Fsp3) is 0.909. The molecule has 2 rings (SSSR count). The molecule has 1 N–H and O–H groups in total. The first-order valence-electron chi connectivity index (χ1n) is 5.18. The monoisotopic (exact) mass is 182 g/mol. The van der Waals surface area contributed by atoms with Gasteiger partial charge in [0.2, 0.25) is 0 Å². The predicted molar refractivity (Wildman–Crippen MR) is 50.4 cm³/mol. The Hall–Kier alpha value is -0.530. The zero-order chi connectivity index (χ0) is 9.69. The Bertz CT molecular complexity index is 232. The largest absolute Gasteiger partial charge is 0.481 e. The molecule has 0 heterocycles. The lowest BCUT2D eigenvalue weighted by atomic mass is 9.71. The Labute approximate surface area is 79.3 Å². The summed E-state index contributed by atoms with van der Waals surface area (Å²) < 4.78 is 0. The smallest absolute Gasteiger partial charge is 0.307 e. The van der Waals surface area contributed by atoms with Crippen LogP contribution in [0.5, 0.6) is 0 Å². The minimum Gasteiger partial charge on any atom is -0.481 e. The van der Waals surface area contributed by atoms with Crippen molar-refractivity contribution >= 4 is 5.97 Å². The van der Waals surface area contributed by atoms with Gasteiger partial charge in [-0.15, -0.1) is 0 Å². The van der Waals surface area contributed by atoms with E-state index >= 15 is 0 Å². The van der Waals surface area contributed by atoms with Crippen molar-refractivity contribution in [2.45, 2.75) is 46.0 Å². The standard InChI is InChI=1S/C11H18O2/c1-10(2)3-5-11(6-4-10)7-8(11)9(12)13/h8H,3-7H2,1-2H3,(H,12,13). The second kappa shape index (κ2) is 2.49. The van der Waals surface area contributed by atoms with Crippen molar-refractivity contribution in [2.75, 3.05) is 0 Å². The fourth-order valence-electron chi connectivity index (χ4n) is 2.67. The van der Waals surface area contributed by atoms with Crippen molar-refractivity contribution in [1.82, 2.24) is 0 Å². The number of carboxylic acids is 1. The van der Waals surface area contributed by atoms with Crippen LogP contribution in [0.3, 0.4) is 0 Å². The second-order valence-electron chi connectivity index (χ2n) is 5.62. The van der Waals surface area contributed by atoms with Crippen LogP contribution in [-0.2, 0) is 4.79 Å². The maximum Gasteiger partial charge on any atom is 0.307 e. The molecule has 0 bridgehead atoms. The summed E-state index contributed by atoms with van der Waals surface area (Å²) in [7, 11) is 0. The molecule has 0 aromatic rings. The molecule has 13 heavy (non-hydrogen) atoms. The first-order chi connectivity index (χ1) is 5.95. The molecule has 74 valence electrons. The van der Waals surface area contributed by atoms with Gasteiger partial charge in [-0.1, -0.05) is 13.8 Å². The normalized spacial score (nSPS) is 34.5. The van der Waals surface area contributed by atoms with Crippen LogP contribution in [-0.4, -0.2) is 11.1 Å². The molecule has 2 heteroatoms. The van der Waals surface area contributed by atoms with Gasteiger partial charge in [-0.05, 0) is 42.9 Å². The minimum absolute atomic E-state index is 0.0106. The molecule has 2 fully saturated rings. The van der Waals surface area contributed by atoms with Crippen LogP contribution >= 0.6 is 0 Å². The van der Waals surface area contributed by atoms with Crippen LogP contribution < -0.4 is 0 Å². The molecule has 0 amide bonds. The topological polar surface area (TPSA) is 37.3 Å². The third kappa shape index (κ3) is 1.47. The minimum atomic E-state index is -0.570. The summed E-state index contributed by atoms with van der Waals surface area (Å²) in [5.41, 5.74) is 0.679. The Morgan fingerprint density at radius 3 is 2.15 bits per heavy atom. The molecule has 2 nitrogen and oxygen atoms in total. The molecule has 0 radical (unpaired) electrons. The quantitative estimate of drug-likeness (QED) is 0.677. The van der Waals surface area contributed by atoms with Crippen molar-refractivity contribution in [1.29, 1.82) is 0 Å². The molecule has 0 aromatic carbocycles. The molecule has 2 aliphatic rings. The molecule has 2 saturated carbocycles. The lowest BCUT2D eigenvalue weighted by molar-refractivity contribution is -0.139. The maximum atomic E-state index is 10.8. The summed E-state index contributed by atoms with van der Waals surface area (Å²) in [5, 5.41) is 8.90. The summed E-state index contributed by atoms with van der Waals surface area (Å²) in [6.45, 7) is 4.58. The van der Waals surface area contributed by atoms with Gasteiger partial charge in [0.1, 0.15) is 0 Å². The van der Waals surface area contributed by atoms with Crippen LogP contribution in [0.15, 0.2) is 0 Å². The Morgan fingerprint density at radius 1 is 1.23 bits per heavy atom. The van der Waals surface area contributed by atoms with Crippen LogP contribution in [0.1, 0.15) is 46.0 Å². The molecular formula is C11H18O2. The van der Waals surface area contributed by atoms with Gasteiger partial charge in [0.15, 0.2) is 0 Å². The van der Waals surface area contributed by atoms with Crippen molar-refractivity contribution in [3.8, 4) is 0 Å². The number of carbonyl (C=O) groups is 1. The van der Waals surface area contributed by atoms with Crippen LogP contribution in [0.2, 0.25) is 0 Å². The van der Waals surface area contributed by atoms with Gasteiger partial charge in [-0.3, -0.25) is 4.79 Å².